The molecule has 0 saturated heterocycles. The zero-order valence-electron chi connectivity index (χ0n) is 12.2. The summed E-state index contributed by atoms with van der Waals surface area (Å²) in [7, 11) is 0. The minimum absolute atomic E-state index is 0.134. The number of ether oxygens (including phenoxy) is 1. The lowest BCUT2D eigenvalue weighted by Crippen LogP contribution is -2.13. The number of carboxylic acids is 1. The summed E-state index contributed by atoms with van der Waals surface area (Å²) in [4.78, 5) is 11.1. The fraction of sp³-hybridized carbons (Fsp3) is 0.375. The second kappa shape index (κ2) is 6.51. The van der Waals surface area contributed by atoms with E-state index >= 15 is 0 Å². The number of carbonyl (C=O) groups is 1. The summed E-state index contributed by atoms with van der Waals surface area (Å²) >= 11 is 0. The van der Waals surface area contributed by atoms with Gasteiger partial charge in [0.1, 0.15) is 17.1 Å². The molecule has 1 aromatic heterocycles. The quantitative estimate of drug-likeness (QED) is 0.763. The highest BCUT2D eigenvalue weighted by atomic mass is 16.5. The summed E-state index contributed by atoms with van der Waals surface area (Å²) in [5, 5.41) is 18.6. The van der Waals surface area contributed by atoms with E-state index in [2.05, 4.69) is 15.5 Å². The van der Waals surface area contributed by atoms with E-state index in [-0.39, 0.29) is 5.56 Å². The van der Waals surface area contributed by atoms with E-state index in [1.54, 1.807) is 0 Å². The van der Waals surface area contributed by atoms with Crippen LogP contribution in [-0.4, -0.2) is 27.4 Å². The van der Waals surface area contributed by atoms with Crippen molar-refractivity contribution < 1.29 is 14.6 Å². The number of benzene rings is 1. The second-order valence-corrected chi connectivity index (χ2v) is 5.45. The van der Waals surface area contributed by atoms with Gasteiger partial charge < -0.3 is 15.2 Å². The minimum atomic E-state index is -1.01. The molecular formula is C16H19N3O3. The van der Waals surface area contributed by atoms with Gasteiger partial charge in [0.15, 0.2) is 0 Å². The Morgan fingerprint density at radius 2 is 2.14 bits per heavy atom. The molecule has 3 rings (SSSR count). The first-order chi connectivity index (χ1) is 10.7. The van der Waals surface area contributed by atoms with Crippen molar-refractivity contribution >= 4 is 11.8 Å². The van der Waals surface area contributed by atoms with Gasteiger partial charge in [-0.05, 0) is 31.7 Å². The van der Waals surface area contributed by atoms with Gasteiger partial charge in [0, 0.05) is 12.1 Å². The number of H-pyrrole nitrogens is 1. The zero-order chi connectivity index (χ0) is 15.4. The lowest BCUT2D eigenvalue weighted by Gasteiger charge is -2.17. The van der Waals surface area contributed by atoms with E-state index < -0.39 is 5.97 Å². The highest BCUT2D eigenvalue weighted by molar-refractivity contribution is 5.92. The molecule has 6 nitrogen and oxygen atoms in total. The van der Waals surface area contributed by atoms with Crippen LogP contribution in [0.2, 0.25) is 0 Å². The van der Waals surface area contributed by atoms with Gasteiger partial charge in [-0.25, -0.2) is 4.79 Å². The van der Waals surface area contributed by atoms with Crippen LogP contribution in [0.1, 0.15) is 41.6 Å². The Labute approximate surface area is 128 Å². The smallest absolute Gasteiger partial charge is 0.341 e. The van der Waals surface area contributed by atoms with Gasteiger partial charge >= 0.3 is 5.97 Å². The lowest BCUT2D eigenvalue weighted by molar-refractivity contribution is 0.0698. The van der Waals surface area contributed by atoms with E-state index in [1.165, 1.54) is 19.0 Å². The standard InChI is InChI=1S/C16H19N3O3/c20-16(21)13-10-18-19-15(13)17-9-11-5-1-4-8-14(11)22-12-6-2-3-7-12/h1,4-5,8,10,12H,2-3,6-7,9H2,(H,20,21)(H2,17,18,19). The Kier molecular flexibility index (Phi) is 4.27. The molecule has 0 unspecified atom stereocenters. The number of anilines is 1. The lowest BCUT2D eigenvalue weighted by atomic mass is 10.2. The van der Waals surface area contributed by atoms with Gasteiger partial charge in [0.05, 0.1) is 12.3 Å². The first-order valence-corrected chi connectivity index (χ1v) is 7.49. The molecule has 3 N–H and O–H groups in total. The molecule has 0 radical (unpaired) electrons. The molecule has 0 aliphatic heterocycles. The van der Waals surface area contributed by atoms with Crippen LogP contribution in [0.25, 0.3) is 0 Å². The Hall–Kier alpha value is -2.50. The van der Waals surface area contributed by atoms with E-state index in [4.69, 9.17) is 9.84 Å². The number of hydrogen-bond donors (Lipinski definition) is 3. The molecule has 0 spiro atoms. The van der Waals surface area contributed by atoms with Crippen LogP contribution >= 0.6 is 0 Å². The molecule has 116 valence electrons. The third kappa shape index (κ3) is 3.21. The molecule has 1 fully saturated rings. The maximum Gasteiger partial charge on any atom is 0.341 e. The Morgan fingerprint density at radius 3 is 2.91 bits per heavy atom. The molecule has 1 saturated carbocycles. The van der Waals surface area contributed by atoms with Crippen LogP contribution in [0.15, 0.2) is 30.5 Å². The van der Waals surface area contributed by atoms with Crippen molar-refractivity contribution in [3.05, 3.63) is 41.6 Å². The van der Waals surface area contributed by atoms with E-state index in [0.717, 1.165) is 24.2 Å². The fourth-order valence-electron chi connectivity index (χ4n) is 2.72. The first kappa shape index (κ1) is 14.4. The van der Waals surface area contributed by atoms with Crippen LogP contribution in [0.3, 0.4) is 0 Å². The van der Waals surface area contributed by atoms with Gasteiger partial charge in [-0.3, -0.25) is 5.10 Å². The zero-order valence-corrected chi connectivity index (χ0v) is 12.2. The number of aromatic nitrogens is 2. The monoisotopic (exact) mass is 301 g/mol. The van der Waals surface area contributed by atoms with Gasteiger partial charge in [0.2, 0.25) is 0 Å². The summed E-state index contributed by atoms with van der Waals surface area (Å²) in [6, 6.07) is 7.84. The van der Waals surface area contributed by atoms with Crippen LogP contribution in [0.4, 0.5) is 5.82 Å². The van der Waals surface area contributed by atoms with Crippen molar-refractivity contribution in [1.29, 1.82) is 0 Å². The maximum atomic E-state index is 11.1. The SMILES string of the molecule is O=C(O)c1cn[nH]c1NCc1ccccc1OC1CCCC1. The fourth-order valence-corrected chi connectivity index (χ4v) is 2.72. The highest BCUT2D eigenvalue weighted by Crippen LogP contribution is 2.27. The number of rotatable bonds is 6. The third-order valence-corrected chi connectivity index (χ3v) is 3.89. The normalized spacial score (nSPS) is 14.9. The van der Waals surface area contributed by atoms with E-state index in [0.29, 0.717) is 18.5 Å². The van der Waals surface area contributed by atoms with Gasteiger partial charge in [-0.2, -0.15) is 5.10 Å². The topological polar surface area (TPSA) is 87.2 Å². The molecule has 0 atom stereocenters. The van der Waals surface area contributed by atoms with Gasteiger partial charge in [-0.1, -0.05) is 18.2 Å². The van der Waals surface area contributed by atoms with Gasteiger partial charge in [0.25, 0.3) is 0 Å². The maximum absolute atomic E-state index is 11.1. The van der Waals surface area contributed by atoms with Crippen molar-refractivity contribution in [1.82, 2.24) is 10.2 Å². The number of para-hydroxylation sites is 1. The van der Waals surface area contributed by atoms with Gasteiger partial charge in [-0.15, -0.1) is 0 Å². The molecule has 22 heavy (non-hydrogen) atoms. The second-order valence-electron chi connectivity index (χ2n) is 5.45. The summed E-state index contributed by atoms with van der Waals surface area (Å²) in [6.07, 6.45) is 6.24. The van der Waals surface area contributed by atoms with Crippen molar-refractivity contribution in [3.8, 4) is 5.75 Å². The Balaban J connectivity index is 1.69. The number of nitrogens with zero attached hydrogens (tertiary/aromatic N) is 1. The predicted octanol–water partition coefficient (Wildman–Crippen LogP) is 3.04. The number of hydrogen-bond acceptors (Lipinski definition) is 4. The van der Waals surface area contributed by atoms with Crippen molar-refractivity contribution in [3.63, 3.8) is 0 Å². The third-order valence-electron chi connectivity index (χ3n) is 3.89. The molecule has 2 aromatic rings. The van der Waals surface area contributed by atoms with Crippen molar-refractivity contribution in [2.45, 2.75) is 38.3 Å². The van der Waals surface area contributed by atoms with E-state index in [9.17, 15) is 4.79 Å². The molecule has 1 aliphatic rings. The van der Waals surface area contributed by atoms with E-state index in [1.807, 2.05) is 24.3 Å². The van der Waals surface area contributed by atoms with Crippen LogP contribution in [0.5, 0.6) is 5.75 Å². The van der Waals surface area contributed by atoms with Crippen LogP contribution in [0, 0.1) is 0 Å². The Morgan fingerprint density at radius 1 is 1.36 bits per heavy atom. The number of aromatic amines is 1. The highest BCUT2D eigenvalue weighted by Gasteiger charge is 2.18. The molecule has 0 amide bonds. The summed E-state index contributed by atoms with van der Waals surface area (Å²) < 4.78 is 6.07. The molecule has 1 aliphatic carbocycles. The predicted molar refractivity (Wildman–Crippen MR) is 82.2 cm³/mol. The first-order valence-electron chi connectivity index (χ1n) is 7.49. The number of nitrogens with one attached hydrogen (secondary N) is 2. The largest absolute Gasteiger partial charge is 0.490 e. The molecule has 1 heterocycles. The average molecular weight is 301 g/mol. The molecule has 1 aromatic carbocycles. The summed E-state index contributed by atoms with van der Waals surface area (Å²) in [6.45, 7) is 0.478. The van der Waals surface area contributed by atoms with Crippen molar-refractivity contribution in [2.75, 3.05) is 5.32 Å². The molecule has 0 bridgehead atoms. The molecule has 6 heteroatoms. The summed E-state index contributed by atoms with van der Waals surface area (Å²) in [5.74, 6) is 0.258. The average Bonchev–Trinajstić information content (AvgIpc) is 3.17. The van der Waals surface area contributed by atoms with Crippen LogP contribution in [-0.2, 0) is 6.54 Å². The minimum Gasteiger partial charge on any atom is -0.490 e. The molecular weight excluding hydrogens is 282 g/mol. The Bertz CT molecular complexity index is 648. The van der Waals surface area contributed by atoms with Crippen molar-refractivity contribution in [2.24, 2.45) is 0 Å². The number of aromatic carboxylic acids is 1. The van der Waals surface area contributed by atoms with Crippen LogP contribution < -0.4 is 10.1 Å². The number of carboxylic acid groups (broad SMARTS) is 1. The summed E-state index contributed by atoms with van der Waals surface area (Å²) in [5.41, 5.74) is 1.13.